The van der Waals surface area contributed by atoms with Crippen LogP contribution in [0.15, 0.2) is 30.9 Å². The minimum atomic E-state index is -0.570. The fourth-order valence-corrected chi connectivity index (χ4v) is 4.23. The van der Waals surface area contributed by atoms with Crippen molar-refractivity contribution in [2.24, 2.45) is 0 Å². The van der Waals surface area contributed by atoms with Gasteiger partial charge in [-0.2, -0.15) is 0 Å². The fourth-order valence-electron chi connectivity index (χ4n) is 4.23. The van der Waals surface area contributed by atoms with Gasteiger partial charge in [-0.05, 0) is 12.5 Å². The van der Waals surface area contributed by atoms with Gasteiger partial charge < -0.3 is 20.7 Å². The van der Waals surface area contributed by atoms with Crippen LogP contribution in [0.5, 0.6) is 0 Å². The van der Waals surface area contributed by atoms with Crippen LogP contribution in [-0.2, 0) is 4.74 Å². The van der Waals surface area contributed by atoms with Gasteiger partial charge in [0.2, 0.25) is 0 Å². The van der Waals surface area contributed by atoms with Crippen LogP contribution in [0.3, 0.4) is 0 Å². The van der Waals surface area contributed by atoms with Crippen LogP contribution < -0.4 is 16.0 Å². The minimum Gasteiger partial charge on any atom is -0.381 e. The average Bonchev–Trinajstić information content (AvgIpc) is 3.41. The summed E-state index contributed by atoms with van der Waals surface area (Å²) in [6.07, 6.45) is 6.54. The first-order valence-electron chi connectivity index (χ1n) is 10.2. The van der Waals surface area contributed by atoms with Gasteiger partial charge in [-0.25, -0.2) is 13.9 Å². The largest absolute Gasteiger partial charge is 0.381 e. The number of aromatic nitrogens is 4. The summed E-state index contributed by atoms with van der Waals surface area (Å²) in [6.45, 7) is 5.17. The lowest BCUT2D eigenvalue weighted by Crippen LogP contribution is -2.50. The lowest BCUT2D eigenvalue weighted by molar-refractivity contribution is 0.102. The average molecular weight is 426 g/mol. The van der Waals surface area contributed by atoms with E-state index in [9.17, 15) is 9.18 Å². The zero-order valence-corrected chi connectivity index (χ0v) is 16.9. The molecule has 0 radical (unpaired) electrons. The molecule has 2 aliphatic rings. The smallest absolute Gasteiger partial charge is 0.263 e. The van der Waals surface area contributed by atoms with Crippen molar-refractivity contribution in [3.63, 3.8) is 0 Å². The zero-order valence-electron chi connectivity index (χ0n) is 16.9. The number of rotatable bonds is 4. The predicted molar refractivity (Wildman–Crippen MR) is 113 cm³/mol. The first-order valence-corrected chi connectivity index (χ1v) is 10.2. The molecule has 3 aromatic heterocycles. The second-order valence-corrected chi connectivity index (χ2v) is 7.69. The van der Waals surface area contributed by atoms with Crippen LogP contribution >= 0.6 is 0 Å². The normalized spacial score (nSPS) is 19.8. The Balaban J connectivity index is 1.34. The molecule has 3 N–H and O–H groups in total. The van der Waals surface area contributed by atoms with E-state index in [-0.39, 0.29) is 17.0 Å². The van der Waals surface area contributed by atoms with Crippen LogP contribution in [-0.4, -0.2) is 75.8 Å². The molecule has 11 heteroatoms. The van der Waals surface area contributed by atoms with Gasteiger partial charge >= 0.3 is 0 Å². The summed E-state index contributed by atoms with van der Waals surface area (Å²) in [4.78, 5) is 25.8. The Bertz CT molecular complexity index is 1110. The van der Waals surface area contributed by atoms with Gasteiger partial charge in [0.15, 0.2) is 17.3 Å². The maximum atomic E-state index is 13.4. The topological polar surface area (TPSA) is 114 Å². The van der Waals surface area contributed by atoms with E-state index in [1.165, 1.54) is 0 Å². The summed E-state index contributed by atoms with van der Waals surface area (Å²) in [5, 5.41) is 6.86. The summed E-state index contributed by atoms with van der Waals surface area (Å²) in [6, 6.07) is 2.38. The number of nitrogen functional groups attached to an aromatic ring is 1. The highest BCUT2D eigenvalue weighted by Gasteiger charge is 2.28. The summed E-state index contributed by atoms with van der Waals surface area (Å²) in [7, 11) is 0. The Morgan fingerprint density at radius 1 is 1.26 bits per heavy atom. The van der Waals surface area contributed by atoms with Crippen molar-refractivity contribution < 1.29 is 13.9 Å². The van der Waals surface area contributed by atoms with Gasteiger partial charge in [-0.15, -0.1) is 5.10 Å². The quantitative estimate of drug-likeness (QED) is 0.635. The third kappa shape index (κ3) is 3.77. The first kappa shape index (κ1) is 19.6. The number of carbonyl (C=O) groups excluding carboxylic acids is 1. The standard InChI is InChI=1S/C20H23FN8O2/c21-13-9-24-19-17(18(22)26-29(19)11-13)20(30)25-15-10-23-3-1-16(15)28-6-4-27(5-7-28)14-2-8-31-12-14/h1,3,9-11,14H,2,4-8,12H2,(H2,22,26)(H,25,30)/t14-/m0/s1. The molecule has 3 aromatic rings. The Morgan fingerprint density at radius 3 is 2.87 bits per heavy atom. The molecule has 2 fully saturated rings. The number of anilines is 3. The number of nitrogens with two attached hydrogens (primary N) is 1. The second-order valence-electron chi connectivity index (χ2n) is 7.69. The molecule has 1 amide bonds. The van der Waals surface area contributed by atoms with E-state index in [0.717, 1.165) is 68.4 Å². The Labute approximate surface area is 177 Å². The number of hydrogen-bond acceptors (Lipinski definition) is 8. The van der Waals surface area contributed by atoms with Crippen LogP contribution in [0.1, 0.15) is 16.8 Å². The van der Waals surface area contributed by atoms with Crippen molar-refractivity contribution >= 4 is 28.7 Å². The molecule has 2 saturated heterocycles. The highest BCUT2D eigenvalue weighted by atomic mass is 19.1. The zero-order chi connectivity index (χ0) is 21.4. The van der Waals surface area contributed by atoms with E-state index in [1.54, 1.807) is 12.4 Å². The van der Waals surface area contributed by atoms with Crippen molar-refractivity contribution in [1.82, 2.24) is 24.5 Å². The first-order chi connectivity index (χ1) is 15.1. The van der Waals surface area contributed by atoms with E-state index in [0.29, 0.717) is 11.7 Å². The molecule has 0 unspecified atom stereocenters. The highest BCUT2D eigenvalue weighted by molar-refractivity contribution is 6.12. The Morgan fingerprint density at radius 2 is 2.10 bits per heavy atom. The summed E-state index contributed by atoms with van der Waals surface area (Å²) in [5.74, 6) is -1.06. The Kier molecular flexibility index (Phi) is 5.12. The molecular weight excluding hydrogens is 403 g/mol. The van der Waals surface area contributed by atoms with Gasteiger partial charge in [0.1, 0.15) is 5.56 Å². The third-order valence-electron chi connectivity index (χ3n) is 5.82. The molecule has 0 aliphatic carbocycles. The van der Waals surface area contributed by atoms with Gasteiger partial charge in [0, 0.05) is 45.0 Å². The molecule has 2 aliphatic heterocycles. The van der Waals surface area contributed by atoms with Crippen molar-refractivity contribution in [3.8, 4) is 0 Å². The van der Waals surface area contributed by atoms with Gasteiger partial charge in [0.05, 0.1) is 36.6 Å². The van der Waals surface area contributed by atoms with Crippen LogP contribution in [0.2, 0.25) is 0 Å². The molecule has 0 aromatic carbocycles. The summed E-state index contributed by atoms with van der Waals surface area (Å²) in [5.41, 5.74) is 7.67. The number of nitrogens with one attached hydrogen (secondary N) is 1. The van der Waals surface area contributed by atoms with Crippen molar-refractivity contribution in [3.05, 3.63) is 42.2 Å². The van der Waals surface area contributed by atoms with Crippen LogP contribution in [0.25, 0.3) is 5.65 Å². The second kappa shape index (κ2) is 8.08. The molecule has 10 nitrogen and oxygen atoms in total. The van der Waals surface area contributed by atoms with E-state index in [1.807, 2.05) is 6.07 Å². The number of nitrogens with zero attached hydrogens (tertiary/aromatic N) is 6. The molecule has 31 heavy (non-hydrogen) atoms. The summed E-state index contributed by atoms with van der Waals surface area (Å²) < 4.78 is 20.1. The van der Waals surface area contributed by atoms with Gasteiger partial charge in [-0.3, -0.25) is 14.7 Å². The van der Waals surface area contributed by atoms with Gasteiger partial charge in [0.25, 0.3) is 5.91 Å². The molecule has 5 heterocycles. The number of fused-ring (bicyclic) bond motifs is 1. The third-order valence-corrected chi connectivity index (χ3v) is 5.82. The molecular formula is C20H23FN8O2. The minimum absolute atomic E-state index is 0.0200. The van der Waals surface area contributed by atoms with E-state index in [2.05, 4.69) is 30.2 Å². The highest BCUT2D eigenvalue weighted by Crippen LogP contribution is 2.28. The number of hydrogen-bond donors (Lipinski definition) is 2. The molecule has 0 spiro atoms. The predicted octanol–water partition coefficient (Wildman–Crippen LogP) is 1.01. The van der Waals surface area contributed by atoms with Gasteiger partial charge in [-0.1, -0.05) is 0 Å². The van der Waals surface area contributed by atoms with Crippen LogP contribution in [0, 0.1) is 5.82 Å². The molecule has 5 rings (SSSR count). The lowest BCUT2D eigenvalue weighted by Gasteiger charge is -2.39. The fraction of sp³-hybridized carbons (Fsp3) is 0.400. The van der Waals surface area contributed by atoms with E-state index >= 15 is 0 Å². The SMILES string of the molecule is Nc1nn2cc(F)cnc2c1C(=O)Nc1cnccc1N1CCN([C@H]2CCOC2)CC1. The monoisotopic (exact) mass is 426 g/mol. The van der Waals surface area contributed by atoms with Crippen molar-refractivity contribution in [1.29, 1.82) is 0 Å². The maximum Gasteiger partial charge on any atom is 0.263 e. The summed E-state index contributed by atoms with van der Waals surface area (Å²) >= 11 is 0. The number of piperazine rings is 1. The number of carbonyl (C=O) groups is 1. The molecule has 0 saturated carbocycles. The lowest BCUT2D eigenvalue weighted by atomic mass is 10.1. The molecule has 1 atom stereocenters. The van der Waals surface area contributed by atoms with E-state index in [4.69, 9.17) is 10.5 Å². The van der Waals surface area contributed by atoms with E-state index < -0.39 is 11.7 Å². The number of pyridine rings is 1. The van der Waals surface area contributed by atoms with Crippen LogP contribution in [0.4, 0.5) is 21.6 Å². The number of ether oxygens (including phenoxy) is 1. The maximum absolute atomic E-state index is 13.4. The number of halogens is 1. The van der Waals surface area contributed by atoms with Crippen molar-refractivity contribution in [2.45, 2.75) is 12.5 Å². The Hall–Kier alpha value is -3.31. The molecule has 162 valence electrons. The molecule has 0 bridgehead atoms. The van der Waals surface area contributed by atoms with Crippen molar-refractivity contribution in [2.75, 3.05) is 55.3 Å². The number of amides is 1.